The summed E-state index contributed by atoms with van der Waals surface area (Å²) in [5.41, 5.74) is 0.939. The Morgan fingerprint density at radius 2 is 1.54 bits per heavy atom. The van der Waals surface area contributed by atoms with Crippen LogP contribution in [0.3, 0.4) is 0 Å². The molecule has 1 aliphatic heterocycles. The van der Waals surface area contributed by atoms with Crippen LogP contribution in [-0.2, 0) is 16.2 Å². The number of nitrogens with zero attached hydrogens (tertiary/aromatic N) is 3. The Morgan fingerprint density at radius 3 is 2.29 bits per heavy atom. The van der Waals surface area contributed by atoms with Crippen molar-refractivity contribution < 1.29 is 21.6 Å². The van der Waals surface area contributed by atoms with E-state index in [4.69, 9.17) is 4.98 Å². The Kier molecular flexibility index (Phi) is 6.06. The summed E-state index contributed by atoms with van der Waals surface area (Å²) in [6.07, 6.45) is -4.63. The third-order valence-corrected chi connectivity index (χ3v) is 8.25. The van der Waals surface area contributed by atoms with E-state index in [9.17, 15) is 21.6 Å². The molecule has 1 saturated heterocycles. The predicted octanol–water partition coefficient (Wildman–Crippen LogP) is 5.44. The molecule has 0 aliphatic carbocycles. The third-order valence-electron chi connectivity index (χ3n) is 5.79. The molecule has 4 aromatic rings. The number of benzene rings is 3. The van der Waals surface area contributed by atoms with Gasteiger partial charge in [-0.25, -0.2) is 13.4 Å². The summed E-state index contributed by atoms with van der Waals surface area (Å²) < 4.78 is 68.7. The molecule has 0 atom stereocenters. The summed E-state index contributed by atoms with van der Waals surface area (Å²) >= 11 is 1.64. The van der Waals surface area contributed by atoms with Crippen molar-refractivity contribution in [1.29, 1.82) is 0 Å². The summed E-state index contributed by atoms with van der Waals surface area (Å²) in [6.45, 7) is 2.68. The Hall–Kier alpha value is -3.31. The van der Waals surface area contributed by atoms with Crippen LogP contribution in [0.5, 0.6) is 0 Å². The Morgan fingerprint density at radius 1 is 0.857 bits per heavy atom. The summed E-state index contributed by atoms with van der Waals surface area (Å²) in [5.74, 6) is 0. The topological polar surface area (TPSA) is 65.5 Å². The van der Waals surface area contributed by atoms with E-state index in [0.29, 0.717) is 43.6 Å². The van der Waals surface area contributed by atoms with Crippen LogP contribution in [0, 0.1) is 0 Å². The number of sulfonamides is 1. The molecular weight excluding hydrogens is 497 g/mol. The van der Waals surface area contributed by atoms with Crippen molar-refractivity contribution in [2.24, 2.45) is 0 Å². The van der Waals surface area contributed by atoms with Gasteiger partial charge in [0.2, 0.25) is 0 Å². The lowest BCUT2D eigenvalue weighted by molar-refractivity contribution is -0.137. The van der Waals surface area contributed by atoms with Crippen molar-refractivity contribution in [3.63, 3.8) is 0 Å². The number of aromatic nitrogens is 1. The molecule has 0 spiro atoms. The van der Waals surface area contributed by atoms with Gasteiger partial charge in [0.1, 0.15) is 0 Å². The minimum atomic E-state index is -4.63. The number of anilines is 3. The lowest BCUT2D eigenvalue weighted by Crippen LogP contribution is -2.46. The second-order valence-corrected chi connectivity index (χ2v) is 10.8. The molecule has 6 nitrogen and oxygen atoms in total. The van der Waals surface area contributed by atoms with Gasteiger partial charge in [-0.15, -0.1) is 0 Å². The summed E-state index contributed by atoms with van der Waals surface area (Å²) in [4.78, 5) is 8.54. The first kappa shape index (κ1) is 23.4. The van der Waals surface area contributed by atoms with Gasteiger partial charge in [0.05, 0.1) is 32.1 Å². The molecule has 0 saturated carbocycles. The average Bonchev–Trinajstić information content (AvgIpc) is 3.28. The zero-order valence-corrected chi connectivity index (χ0v) is 20.0. The maximum absolute atomic E-state index is 13.1. The maximum atomic E-state index is 13.1. The van der Waals surface area contributed by atoms with Gasteiger partial charge in [0.25, 0.3) is 10.0 Å². The van der Waals surface area contributed by atoms with Gasteiger partial charge in [-0.1, -0.05) is 41.7 Å². The van der Waals surface area contributed by atoms with Crippen molar-refractivity contribution in [3.05, 3.63) is 78.4 Å². The van der Waals surface area contributed by atoms with Crippen LogP contribution in [0.25, 0.3) is 10.2 Å². The van der Waals surface area contributed by atoms with E-state index in [1.54, 1.807) is 35.6 Å². The van der Waals surface area contributed by atoms with Crippen molar-refractivity contribution in [3.8, 4) is 0 Å². The van der Waals surface area contributed by atoms with E-state index >= 15 is 0 Å². The third kappa shape index (κ3) is 4.92. The Balaban J connectivity index is 1.33. The monoisotopic (exact) mass is 518 g/mol. The summed E-state index contributed by atoms with van der Waals surface area (Å²) in [6, 6.07) is 18.6. The smallest absolute Gasteiger partial charge is 0.366 e. The molecule has 0 amide bonds. The fourth-order valence-corrected chi connectivity index (χ4v) is 6.15. The highest BCUT2D eigenvalue weighted by Crippen LogP contribution is 2.34. The molecule has 0 unspecified atom stereocenters. The summed E-state index contributed by atoms with van der Waals surface area (Å²) in [5, 5.41) is 0.949. The minimum Gasteiger partial charge on any atom is -0.366 e. The molecule has 1 aliphatic rings. The van der Waals surface area contributed by atoms with Gasteiger partial charge < -0.3 is 9.80 Å². The molecule has 5 rings (SSSR count). The van der Waals surface area contributed by atoms with Crippen LogP contribution in [-0.4, -0.2) is 39.6 Å². The number of para-hydroxylation sites is 3. The lowest BCUT2D eigenvalue weighted by atomic mass is 10.2. The van der Waals surface area contributed by atoms with E-state index in [1.165, 1.54) is 0 Å². The van der Waals surface area contributed by atoms with E-state index in [0.717, 1.165) is 33.5 Å². The van der Waals surface area contributed by atoms with E-state index in [-0.39, 0.29) is 0 Å². The van der Waals surface area contributed by atoms with Crippen LogP contribution in [0.2, 0.25) is 0 Å². The molecule has 11 heteroatoms. The standard InChI is InChI=1S/C24H21F3N4O2S2/c25-24(26,27)17-6-5-7-18(16-17)35(32,33)29-19-8-1-3-10-21(19)30-12-14-31(15-13-30)23-28-20-9-2-4-11-22(20)34-23/h1-11,16,29H,12-15H2. The normalized spacial score (nSPS) is 14.9. The molecule has 3 aromatic carbocycles. The minimum absolute atomic E-state index is 0.318. The average molecular weight is 519 g/mol. The highest BCUT2D eigenvalue weighted by molar-refractivity contribution is 7.92. The number of nitrogens with one attached hydrogen (secondary N) is 1. The second kappa shape index (κ2) is 9.04. The van der Waals surface area contributed by atoms with Crippen LogP contribution in [0.4, 0.5) is 29.7 Å². The quantitative estimate of drug-likeness (QED) is 0.381. The number of rotatable bonds is 5. The van der Waals surface area contributed by atoms with Crippen LogP contribution in [0.15, 0.2) is 77.7 Å². The SMILES string of the molecule is O=S(=O)(Nc1ccccc1N1CCN(c2nc3ccccc3s2)CC1)c1cccc(C(F)(F)F)c1. The number of hydrogen-bond acceptors (Lipinski definition) is 6. The number of thiazole rings is 1. The van der Waals surface area contributed by atoms with Crippen LogP contribution >= 0.6 is 11.3 Å². The highest BCUT2D eigenvalue weighted by atomic mass is 32.2. The molecule has 35 heavy (non-hydrogen) atoms. The number of hydrogen-bond donors (Lipinski definition) is 1. The highest BCUT2D eigenvalue weighted by Gasteiger charge is 2.32. The first-order valence-electron chi connectivity index (χ1n) is 10.9. The Labute approximate surface area is 204 Å². The van der Waals surface area contributed by atoms with E-state index in [1.807, 2.05) is 24.3 Å². The second-order valence-electron chi connectivity index (χ2n) is 8.09. The molecule has 1 aromatic heterocycles. The van der Waals surface area contributed by atoms with Gasteiger partial charge in [0.15, 0.2) is 5.13 Å². The van der Waals surface area contributed by atoms with Gasteiger partial charge in [-0.05, 0) is 42.5 Å². The number of halogens is 3. The molecule has 2 heterocycles. The Bertz CT molecular complexity index is 1430. The van der Waals surface area contributed by atoms with E-state index < -0.39 is 26.7 Å². The van der Waals surface area contributed by atoms with Gasteiger partial charge >= 0.3 is 6.18 Å². The van der Waals surface area contributed by atoms with E-state index in [2.05, 4.69) is 14.5 Å². The first-order chi connectivity index (χ1) is 16.7. The van der Waals surface area contributed by atoms with Gasteiger partial charge in [-0.2, -0.15) is 13.2 Å². The number of fused-ring (bicyclic) bond motifs is 1. The molecule has 0 radical (unpaired) electrons. The summed E-state index contributed by atoms with van der Waals surface area (Å²) in [7, 11) is -4.22. The fourth-order valence-electron chi connectivity index (χ4n) is 4.01. The van der Waals surface area contributed by atoms with Crippen LogP contribution < -0.4 is 14.5 Å². The molecule has 1 fully saturated rings. The first-order valence-corrected chi connectivity index (χ1v) is 13.2. The molecule has 0 bridgehead atoms. The van der Waals surface area contributed by atoms with Gasteiger partial charge in [0, 0.05) is 26.2 Å². The largest absolute Gasteiger partial charge is 0.416 e. The molecule has 1 N–H and O–H groups in total. The lowest BCUT2D eigenvalue weighted by Gasteiger charge is -2.36. The van der Waals surface area contributed by atoms with Crippen molar-refractivity contribution in [1.82, 2.24) is 4.98 Å². The van der Waals surface area contributed by atoms with Crippen molar-refractivity contribution >= 4 is 48.1 Å². The molecule has 182 valence electrons. The zero-order valence-electron chi connectivity index (χ0n) is 18.4. The van der Waals surface area contributed by atoms with Crippen molar-refractivity contribution in [2.45, 2.75) is 11.1 Å². The predicted molar refractivity (Wildman–Crippen MR) is 133 cm³/mol. The molecular formula is C24H21F3N4O2S2. The van der Waals surface area contributed by atoms with Crippen molar-refractivity contribution in [2.75, 3.05) is 40.7 Å². The maximum Gasteiger partial charge on any atom is 0.416 e. The fraction of sp³-hybridized carbons (Fsp3) is 0.208. The zero-order chi connectivity index (χ0) is 24.6. The van der Waals surface area contributed by atoms with Gasteiger partial charge in [-0.3, -0.25) is 4.72 Å². The number of alkyl halides is 3. The number of piperazine rings is 1. The van der Waals surface area contributed by atoms with Crippen LogP contribution in [0.1, 0.15) is 5.56 Å².